The van der Waals surface area contributed by atoms with Crippen molar-refractivity contribution in [1.29, 1.82) is 0 Å². The van der Waals surface area contributed by atoms with Gasteiger partial charge in [-0.3, -0.25) is 19.7 Å². The second-order valence-electron chi connectivity index (χ2n) is 11.2. The maximum Gasteiger partial charge on any atom is 0.271 e. The van der Waals surface area contributed by atoms with Gasteiger partial charge in [0.2, 0.25) is 11.8 Å². The number of hydrogen-bond acceptors (Lipinski definition) is 9. The third-order valence-electron chi connectivity index (χ3n) is 8.57. The number of allylic oxidation sites excluding steroid dienone is 1. The lowest BCUT2D eigenvalue weighted by Gasteiger charge is -2.36. The van der Waals surface area contributed by atoms with Crippen LogP contribution in [0.3, 0.4) is 0 Å². The van der Waals surface area contributed by atoms with Gasteiger partial charge in [-0.05, 0) is 73.2 Å². The Kier molecular flexibility index (Phi) is 9.92. The summed E-state index contributed by atoms with van der Waals surface area (Å²) in [5, 5.41) is 43.0. The van der Waals surface area contributed by atoms with Crippen LogP contribution in [0.15, 0.2) is 87.9 Å². The number of nitro groups is 1. The van der Waals surface area contributed by atoms with Crippen molar-refractivity contribution in [3.05, 3.63) is 105 Å². The first-order valence-corrected chi connectivity index (χ1v) is 15.0. The molecular formula is C34H36N2O9. The Labute approximate surface area is 260 Å². The number of imide groups is 1. The second-order valence-corrected chi connectivity index (χ2v) is 11.2. The molecule has 2 amide bonds. The van der Waals surface area contributed by atoms with Crippen molar-refractivity contribution in [3.63, 3.8) is 0 Å². The van der Waals surface area contributed by atoms with E-state index in [1.165, 1.54) is 24.3 Å². The van der Waals surface area contributed by atoms with Crippen LogP contribution in [0.5, 0.6) is 5.75 Å². The molecule has 0 unspecified atom stereocenters. The highest BCUT2D eigenvalue weighted by atomic mass is 16.6. The van der Waals surface area contributed by atoms with Gasteiger partial charge in [0.25, 0.3) is 5.69 Å². The van der Waals surface area contributed by atoms with Crippen LogP contribution in [0, 0.1) is 27.9 Å². The Morgan fingerprint density at radius 1 is 1.11 bits per heavy atom. The largest absolute Gasteiger partial charge is 0.489 e. The van der Waals surface area contributed by atoms with Crippen LogP contribution >= 0.6 is 0 Å². The number of carbonyl (C=O) groups is 2. The van der Waals surface area contributed by atoms with Gasteiger partial charge in [-0.2, -0.15) is 0 Å². The Balaban J connectivity index is 1.45. The second kappa shape index (κ2) is 14.0. The Hall–Kier alpha value is -4.58. The Morgan fingerprint density at radius 3 is 2.56 bits per heavy atom. The number of hydrogen-bond donors (Lipinski definition) is 3. The van der Waals surface area contributed by atoms with E-state index < -0.39 is 47.2 Å². The molecule has 2 aromatic carbocycles. The first-order chi connectivity index (χ1) is 21.7. The highest BCUT2D eigenvalue weighted by Crippen LogP contribution is 2.47. The topological polar surface area (TPSA) is 164 Å². The van der Waals surface area contributed by atoms with E-state index in [-0.39, 0.29) is 37.4 Å². The van der Waals surface area contributed by atoms with Crippen molar-refractivity contribution in [3.8, 4) is 5.75 Å². The number of non-ortho nitro benzene ring substituents is 1. The zero-order valence-corrected chi connectivity index (χ0v) is 24.9. The Bertz CT molecular complexity index is 1610. The quantitative estimate of drug-likeness (QED) is 0.106. The van der Waals surface area contributed by atoms with E-state index in [0.717, 1.165) is 10.5 Å². The summed E-state index contributed by atoms with van der Waals surface area (Å²) in [6.45, 7) is 1.33. The first kappa shape index (κ1) is 31.8. The van der Waals surface area contributed by atoms with Crippen molar-refractivity contribution in [2.75, 3.05) is 18.1 Å². The third-order valence-corrected chi connectivity index (χ3v) is 8.57. The number of nitrogens with zero attached hydrogens (tertiary/aromatic N) is 2. The van der Waals surface area contributed by atoms with Crippen LogP contribution in [-0.2, 0) is 16.2 Å². The molecular weight excluding hydrogens is 580 g/mol. The third kappa shape index (κ3) is 6.75. The number of ether oxygens (including phenoxy) is 1. The zero-order valence-electron chi connectivity index (χ0n) is 24.9. The molecule has 11 nitrogen and oxygen atoms in total. The van der Waals surface area contributed by atoms with Gasteiger partial charge >= 0.3 is 0 Å². The number of carbonyl (C=O) groups excluding carboxylic acids is 2. The van der Waals surface area contributed by atoms with Crippen LogP contribution in [0.1, 0.15) is 44.1 Å². The number of benzene rings is 2. The predicted octanol–water partition coefficient (Wildman–Crippen LogP) is 4.81. The lowest BCUT2D eigenvalue weighted by atomic mass is 9.68. The minimum absolute atomic E-state index is 0.0429. The van der Waals surface area contributed by atoms with Crippen molar-refractivity contribution < 1.29 is 39.0 Å². The molecule has 0 radical (unpaired) electrons. The van der Waals surface area contributed by atoms with Crippen LogP contribution in [0.4, 0.5) is 11.4 Å². The van der Waals surface area contributed by atoms with Crippen molar-refractivity contribution in [2.24, 2.45) is 17.8 Å². The number of amides is 2. The van der Waals surface area contributed by atoms with Gasteiger partial charge in [-0.1, -0.05) is 36.8 Å². The van der Waals surface area contributed by atoms with Gasteiger partial charge in [0.15, 0.2) is 0 Å². The fourth-order valence-electron chi connectivity index (χ4n) is 6.37. The molecule has 0 bridgehead atoms. The summed E-state index contributed by atoms with van der Waals surface area (Å²) in [5.41, 5.74) is 1.94. The predicted molar refractivity (Wildman–Crippen MR) is 165 cm³/mol. The summed E-state index contributed by atoms with van der Waals surface area (Å²) in [6, 6.07) is 17.9. The first-order valence-electron chi connectivity index (χ1n) is 15.0. The summed E-state index contributed by atoms with van der Waals surface area (Å²) in [5.74, 6) is -2.09. The molecule has 45 heavy (non-hydrogen) atoms. The molecule has 1 aromatic heterocycles. The lowest BCUT2D eigenvalue weighted by molar-refractivity contribution is -0.384. The summed E-state index contributed by atoms with van der Waals surface area (Å²) in [7, 11) is 0. The molecule has 4 atom stereocenters. The number of nitro benzene ring substituents is 1. The molecule has 11 heteroatoms. The van der Waals surface area contributed by atoms with Gasteiger partial charge in [-0.25, -0.2) is 4.90 Å². The van der Waals surface area contributed by atoms with E-state index in [9.17, 15) is 35.0 Å². The molecule has 2 heterocycles. The summed E-state index contributed by atoms with van der Waals surface area (Å²) in [6.07, 6.45) is 2.40. The number of rotatable bonds is 13. The fraction of sp³-hybridized carbons (Fsp3) is 0.353. The molecule has 3 aromatic rings. The van der Waals surface area contributed by atoms with Gasteiger partial charge in [-0.15, -0.1) is 0 Å². The standard InChI is InChI=1S/C34H36N2O9/c1-2-21(15-26-12-13-27(18-37)45-26)11-14-30(39)31-22(20-44-25-9-4-3-5-10-25)16-28-32(29(31)19-38)34(41)35(33(28)40)23-7-6-8-24(17-23)36(42)43/h3-10,12-13,15,17,28-30,32,37-39H,2,11,14,16,18-20H2,1H3/b21-15+/t28-,29+,30-,32-/m1/s1. The molecule has 1 aliphatic carbocycles. The summed E-state index contributed by atoms with van der Waals surface area (Å²) in [4.78, 5) is 39.4. The highest BCUT2D eigenvalue weighted by molar-refractivity contribution is 6.22. The van der Waals surface area contributed by atoms with Crippen LogP contribution < -0.4 is 9.64 Å². The average molecular weight is 617 g/mol. The number of furan rings is 1. The molecule has 0 spiro atoms. The van der Waals surface area contributed by atoms with Gasteiger partial charge < -0.3 is 24.5 Å². The number of fused-ring (bicyclic) bond motifs is 1. The number of para-hydroxylation sites is 1. The van der Waals surface area contributed by atoms with Crippen LogP contribution in [-0.4, -0.2) is 51.4 Å². The van der Waals surface area contributed by atoms with Crippen molar-refractivity contribution >= 4 is 29.3 Å². The molecule has 2 aliphatic rings. The fourth-order valence-corrected chi connectivity index (χ4v) is 6.37. The molecule has 1 aliphatic heterocycles. The summed E-state index contributed by atoms with van der Waals surface area (Å²) >= 11 is 0. The highest BCUT2D eigenvalue weighted by Gasteiger charge is 2.55. The lowest BCUT2D eigenvalue weighted by Crippen LogP contribution is -2.40. The molecule has 5 rings (SSSR count). The van der Waals surface area contributed by atoms with Crippen LogP contribution in [0.2, 0.25) is 0 Å². The van der Waals surface area contributed by atoms with E-state index >= 15 is 0 Å². The van der Waals surface area contributed by atoms with E-state index in [4.69, 9.17) is 9.15 Å². The summed E-state index contributed by atoms with van der Waals surface area (Å²) < 4.78 is 11.6. The van der Waals surface area contributed by atoms with Gasteiger partial charge in [0, 0.05) is 18.1 Å². The Morgan fingerprint density at radius 2 is 1.89 bits per heavy atom. The average Bonchev–Trinajstić information content (AvgIpc) is 3.62. The molecule has 3 N–H and O–H groups in total. The minimum atomic E-state index is -1.05. The van der Waals surface area contributed by atoms with Gasteiger partial charge in [0.05, 0.1) is 35.2 Å². The number of aliphatic hydroxyl groups is 3. The minimum Gasteiger partial charge on any atom is -0.489 e. The maximum atomic E-state index is 13.8. The van der Waals surface area contributed by atoms with Gasteiger partial charge in [0.1, 0.15) is 30.5 Å². The van der Waals surface area contributed by atoms with Crippen molar-refractivity contribution in [2.45, 2.75) is 45.3 Å². The smallest absolute Gasteiger partial charge is 0.271 e. The maximum absolute atomic E-state index is 13.8. The normalized spacial score (nSPS) is 20.8. The number of anilines is 1. The molecule has 0 saturated carbocycles. The SMILES string of the molecule is CC/C(=C\c1ccc(CO)o1)CC[C@@H](O)C1=C(COc2ccccc2)C[C@H]2C(=O)N(c3cccc([N+](=O)[O-])c3)C(=O)[C@H]2[C@H]1CO. The van der Waals surface area contributed by atoms with E-state index in [1.807, 2.05) is 31.2 Å². The van der Waals surface area contributed by atoms with Crippen molar-refractivity contribution in [1.82, 2.24) is 0 Å². The molecule has 236 valence electrons. The monoisotopic (exact) mass is 616 g/mol. The van der Waals surface area contributed by atoms with E-state index in [0.29, 0.717) is 41.3 Å². The molecule has 1 fully saturated rings. The molecule has 1 saturated heterocycles. The zero-order chi connectivity index (χ0) is 32.1. The van der Waals surface area contributed by atoms with E-state index in [2.05, 4.69) is 0 Å². The van der Waals surface area contributed by atoms with Crippen LogP contribution in [0.25, 0.3) is 6.08 Å². The number of aliphatic hydroxyl groups excluding tert-OH is 3. The van der Waals surface area contributed by atoms with E-state index in [1.54, 1.807) is 24.3 Å².